The van der Waals surface area contributed by atoms with E-state index in [1.54, 1.807) is 16.8 Å². The van der Waals surface area contributed by atoms with Crippen LogP contribution in [0.5, 0.6) is 0 Å². The normalized spacial score (nSPS) is 13.5. The molecule has 1 fully saturated rings. The lowest BCUT2D eigenvalue weighted by Gasteiger charge is -2.19. The van der Waals surface area contributed by atoms with E-state index >= 15 is 0 Å². The van der Waals surface area contributed by atoms with Crippen molar-refractivity contribution in [2.24, 2.45) is 0 Å². The molecule has 2 aromatic heterocycles. The first-order valence-electron chi connectivity index (χ1n) is 10.7. The first kappa shape index (κ1) is 20.8. The SMILES string of the molecule is Cc1nc(N)ccc1CCC(=O)Cn1c(-c2ccccc2)cnc(N2CCCC2)c1=O. The summed E-state index contributed by atoms with van der Waals surface area (Å²) in [7, 11) is 0. The van der Waals surface area contributed by atoms with E-state index in [1.807, 2.05) is 48.2 Å². The highest BCUT2D eigenvalue weighted by molar-refractivity contribution is 5.79. The number of carbonyl (C=O) groups is 1. The van der Waals surface area contributed by atoms with Gasteiger partial charge in [0.25, 0.3) is 5.56 Å². The number of nitrogen functional groups attached to an aromatic ring is 1. The lowest BCUT2D eigenvalue weighted by Crippen LogP contribution is -2.34. The van der Waals surface area contributed by atoms with Crippen LogP contribution in [0.15, 0.2) is 53.5 Å². The molecule has 2 N–H and O–H groups in total. The maximum absolute atomic E-state index is 13.3. The molecule has 0 spiro atoms. The lowest BCUT2D eigenvalue weighted by atomic mass is 10.1. The number of carbonyl (C=O) groups excluding carboxylic acids is 1. The Morgan fingerprint density at radius 1 is 1.10 bits per heavy atom. The maximum atomic E-state index is 13.3. The second kappa shape index (κ2) is 9.12. The summed E-state index contributed by atoms with van der Waals surface area (Å²) >= 11 is 0. The van der Waals surface area contributed by atoms with Crippen molar-refractivity contribution < 1.29 is 4.79 Å². The Labute approximate surface area is 181 Å². The van der Waals surface area contributed by atoms with Crippen LogP contribution in [0.3, 0.4) is 0 Å². The first-order valence-corrected chi connectivity index (χ1v) is 10.7. The van der Waals surface area contributed by atoms with Gasteiger partial charge in [-0.05, 0) is 43.4 Å². The second-order valence-electron chi connectivity index (χ2n) is 7.94. The summed E-state index contributed by atoms with van der Waals surface area (Å²) in [5.41, 5.74) is 8.85. The van der Waals surface area contributed by atoms with Crippen molar-refractivity contribution in [1.82, 2.24) is 14.5 Å². The Hall–Kier alpha value is -3.48. The van der Waals surface area contributed by atoms with Gasteiger partial charge >= 0.3 is 0 Å². The molecular formula is C24H27N5O2. The Morgan fingerprint density at radius 2 is 1.84 bits per heavy atom. The number of Topliss-reactive ketones (excluding diaryl/α,β-unsaturated/α-hetero) is 1. The number of nitrogens with zero attached hydrogens (tertiary/aromatic N) is 4. The average Bonchev–Trinajstić information content (AvgIpc) is 3.30. The zero-order valence-electron chi connectivity index (χ0n) is 17.8. The summed E-state index contributed by atoms with van der Waals surface area (Å²) in [6, 6.07) is 13.3. The highest BCUT2D eigenvalue weighted by Crippen LogP contribution is 2.21. The molecule has 0 bridgehead atoms. The largest absolute Gasteiger partial charge is 0.384 e. The van der Waals surface area contributed by atoms with Crippen LogP contribution in [0.2, 0.25) is 0 Å². The fourth-order valence-electron chi connectivity index (χ4n) is 4.02. The van der Waals surface area contributed by atoms with Crippen LogP contribution in [0.25, 0.3) is 11.3 Å². The molecule has 0 unspecified atom stereocenters. The summed E-state index contributed by atoms with van der Waals surface area (Å²) in [6.45, 7) is 3.56. The van der Waals surface area contributed by atoms with Crippen LogP contribution in [0.1, 0.15) is 30.5 Å². The summed E-state index contributed by atoms with van der Waals surface area (Å²) in [4.78, 5) is 37.0. The van der Waals surface area contributed by atoms with Gasteiger partial charge < -0.3 is 10.6 Å². The molecule has 7 heteroatoms. The average molecular weight is 418 g/mol. The fraction of sp³-hybridized carbons (Fsp3) is 0.333. The molecule has 7 nitrogen and oxygen atoms in total. The van der Waals surface area contributed by atoms with Gasteiger partial charge in [0.15, 0.2) is 11.6 Å². The molecule has 3 aromatic rings. The minimum Gasteiger partial charge on any atom is -0.384 e. The number of aromatic nitrogens is 3. The van der Waals surface area contributed by atoms with Gasteiger partial charge in [0.1, 0.15) is 5.82 Å². The number of aryl methyl sites for hydroxylation is 2. The molecule has 3 heterocycles. The van der Waals surface area contributed by atoms with Gasteiger partial charge in [-0.3, -0.25) is 14.2 Å². The zero-order chi connectivity index (χ0) is 21.8. The molecule has 0 atom stereocenters. The minimum atomic E-state index is -0.207. The van der Waals surface area contributed by atoms with Crippen molar-refractivity contribution in [3.05, 3.63) is 70.3 Å². The molecule has 0 aliphatic carbocycles. The van der Waals surface area contributed by atoms with E-state index in [2.05, 4.69) is 9.97 Å². The molecular weight excluding hydrogens is 390 g/mol. The monoisotopic (exact) mass is 417 g/mol. The van der Waals surface area contributed by atoms with Crippen LogP contribution >= 0.6 is 0 Å². The molecule has 1 aliphatic rings. The smallest absolute Gasteiger partial charge is 0.294 e. The van der Waals surface area contributed by atoms with Crippen molar-refractivity contribution in [2.45, 2.75) is 39.2 Å². The third kappa shape index (κ3) is 4.66. The number of hydrogen-bond donors (Lipinski definition) is 1. The molecule has 1 saturated heterocycles. The van der Waals surface area contributed by atoms with Gasteiger partial charge in [0, 0.05) is 25.2 Å². The summed E-state index contributed by atoms with van der Waals surface area (Å²) < 4.78 is 1.58. The van der Waals surface area contributed by atoms with E-state index in [9.17, 15) is 9.59 Å². The molecule has 4 rings (SSSR count). The van der Waals surface area contributed by atoms with Crippen molar-refractivity contribution in [3.63, 3.8) is 0 Å². The predicted octanol–water partition coefficient (Wildman–Crippen LogP) is 3.00. The molecule has 0 saturated carbocycles. The van der Waals surface area contributed by atoms with Gasteiger partial charge in [-0.1, -0.05) is 36.4 Å². The quantitative estimate of drug-likeness (QED) is 0.635. The van der Waals surface area contributed by atoms with E-state index < -0.39 is 0 Å². The Balaban J connectivity index is 1.60. The van der Waals surface area contributed by atoms with Gasteiger partial charge in [0.05, 0.1) is 18.4 Å². The molecule has 160 valence electrons. The van der Waals surface area contributed by atoms with Gasteiger partial charge in [-0.2, -0.15) is 0 Å². The molecule has 1 aromatic carbocycles. The van der Waals surface area contributed by atoms with Crippen LogP contribution in [-0.2, 0) is 17.8 Å². The molecule has 31 heavy (non-hydrogen) atoms. The number of anilines is 2. The highest BCUT2D eigenvalue weighted by Gasteiger charge is 2.21. The van der Waals surface area contributed by atoms with Crippen molar-refractivity contribution in [2.75, 3.05) is 23.7 Å². The van der Waals surface area contributed by atoms with Crippen molar-refractivity contribution in [1.29, 1.82) is 0 Å². The van der Waals surface area contributed by atoms with E-state index in [1.165, 1.54) is 0 Å². The van der Waals surface area contributed by atoms with Crippen LogP contribution in [-0.4, -0.2) is 33.4 Å². The molecule has 1 aliphatic heterocycles. The van der Waals surface area contributed by atoms with E-state index in [0.717, 1.165) is 42.8 Å². The minimum absolute atomic E-state index is 0.00548. The third-order valence-corrected chi connectivity index (χ3v) is 5.74. The Morgan fingerprint density at radius 3 is 2.55 bits per heavy atom. The topological polar surface area (TPSA) is 94.1 Å². The van der Waals surface area contributed by atoms with E-state index in [4.69, 9.17) is 5.73 Å². The maximum Gasteiger partial charge on any atom is 0.294 e. The van der Waals surface area contributed by atoms with Crippen LogP contribution in [0.4, 0.5) is 11.6 Å². The zero-order valence-corrected chi connectivity index (χ0v) is 17.8. The Kier molecular flexibility index (Phi) is 6.11. The standard InChI is InChI=1S/C24H27N5O2/c1-17-18(10-12-22(25)27-17)9-11-20(30)16-29-21(19-7-3-2-4-8-19)15-26-23(24(29)31)28-13-5-6-14-28/h2-4,7-8,10,12,15H,5-6,9,11,13-14,16H2,1H3,(H2,25,27). The van der Waals surface area contributed by atoms with Crippen molar-refractivity contribution >= 4 is 17.4 Å². The summed E-state index contributed by atoms with van der Waals surface area (Å²) in [6.07, 6.45) is 4.71. The van der Waals surface area contributed by atoms with Crippen LogP contribution < -0.4 is 16.2 Å². The molecule has 0 amide bonds. The first-order chi connectivity index (χ1) is 15.0. The second-order valence-corrected chi connectivity index (χ2v) is 7.94. The van der Waals surface area contributed by atoms with Gasteiger partial charge in [0.2, 0.25) is 0 Å². The van der Waals surface area contributed by atoms with Crippen LogP contribution in [0, 0.1) is 6.92 Å². The summed E-state index contributed by atoms with van der Waals surface area (Å²) in [5, 5.41) is 0. The number of pyridine rings is 1. The number of ketones is 1. The molecule has 0 radical (unpaired) electrons. The lowest BCUT2D eigenvalue weighted by molar-refractivity contribution is -0.119. The third-order valence-electron chi connectivity index (χ3n) is 5.74. The highest BCUT2D eigenvalue weighted by atomic mass is 16.1. The number of hydrogen-bond acceptors (Lipinski definition) is 6. The van der Waals surface area contributed by atoms with Gasteiger partial charge in [-0.25, -0.2) is 9.97 Å². The van der Waals surface area contributed by atoms with Crippen molar-refractivity contribution in [3.8, 4) is 11.3 Å². The number of nitrogens with two attached hydrogens (primary N) is 1. The summed E-state index contributed by atoms with van der Waals surface area (Å²) in [5.74, 6) is 0.899. The van der Waals surface area contributed by atoms with E-state index in [0.29, 0.717) is 30.2 Å². The predicted molar refractivity (Wildman–Crippen MR) is 122 cm³/mol. The fourth-order valence-corrected chi connectivity index (χ4v) is 4.02. The van der Waals surface area contributed by atoms with Gasteiger partial charge in [-0.15, -0.1) is 0 Å². The number of benzene rings is 1. The number of rotatable bonds is 7. The van der Waals surface area contributed by atoms with E-state index in [-0.39, 0.29) is 17.9 Å². The Bertz CT molecular complexity index is 1130.